The quantitative estimate of drug-likeness (QED) is 0.194. The van der Waals surface area contributed by atoms with Gasteiger partial charge >= 0.3 is 105 Å². The van der Waals surface area contributed by atoms with Crippen LogP contribution in [-0.2, 0) is 17.1 Å². The Bertz CT molecular complexity index is 162. The van der Waals surface area contributed by atoms with E-state index in [0.29, 0.717) is 0 Å². The molecule has 0 aromatic rings. The average molecular weight is 357 g/mol. The number of nitrogens with two attached hydrogens (primary N) is 1. The van der Waals surface area contributed by atoms with Gasteiger partial charge in [0.25, 0.3) is 0 Å². The Morgan fingerprint density at radius 2 is 1.16 bits per heavy atom. The molecule has 0 fully saturated rings. The predicted octanol–water partition coefficient (Wildman–Crippen LogP) is 6.01. The summed E-state index contributed by atoms with van der Waals surface area (Å²) in [6, 6.07) is 0. The van der Waals surface area contributed by atoms with Gasteiger partial charge in [0, 0.05) is 0 Å². The van der Waals surface area contributed by atoms with Gasteiger partial charge in [-0.3, -0.25) is 0 Å². The zero-order chi connectivity index (χ0) is 14.8. The molecule has 0 radical (unpaired) electrons. The van der Waals surface area contributed by atoms with Gasteiger partial charge < -0.3 is 5.73 Å². The van der Waals surface area contributed by atoms with E-state index in [-0.39, 0.29) is 21.4 Å². The van der Waals surface area contributed by atoms with Gasteiger partial charge in [-0.25, -0.2) is 0 Å². The molecule has 112 valence electrons. The zero-order valence-corrected chi connectivity index (χ0v) is 17.8. The van der Waals surface area contributed by atoms with Gasteiger partial charge in [0.05, 0.1) is 0 Å². The van der Waals surface area contributed by atoms with Crippen LogP contribution in [0.1, 0.15) is 78.1 Å². The van der Waals surface area contributed by atoms with E-state index in [1.165, 1.54) is 51.4 Å². The summed E-state index contributed by atoms with van der Waals surface area (Å²) in [5.74, 6) is 0. The van der Waals surface area contributed by atoms with Crippen LogP contribution in [0.25, 0.3) is 0 Å². The summed E-state index contributed by atoms with van der Waals surface area (Å²) in [7, 11) is 0. The van der Waals surface area contributed by atoms with Crippen LogP contribution in [0.5, 0.6) is 0 Å². The van der Waals surface area contributed by atoms with Gasteiger partial charge in [0.1, 0.15) is 4.32 Å². The van der Waals surface area contributed by atoms with Crippen molar-refractivity contribution in [2.45, 2.75) is 88.1 Å². The van der Waals surface area contributed by atoms with Crippen LogP contribution in [0.3, 0.4) is 0 Å². The minimum atomic E-state index is -0.0568. The van der Waals surface area contributed by atoms with Gasteiger partial charge in [-0.05, 0) is 0 Å². The SMILES string of the molecule is CCCCCC[CH2][Zn][CH2]CCCCCC.NC(=S)S. The molecule has 4 heteroatoms. The first-order valence-corrected chi connectivity index (χ1v) is 13.2. The Kier molecular flexibility index (Phi) is 24.7. The van der Waals surface area contributed by atoms with Crippen LogP contribution in [-0.4, -0.2) is 4.32 Å². The van der Waals surface area contributed by atoms with Gasteiger partial charge in [0.15, 0.2) is 0 Å². The van der Waals surface area contributed by atoms with Crippen molar-refractivity contribution >= 4 is 29.2 Å². The molecule has 0 aliphatic heterocycles. The molecule has 0 bridgehead atoms. The summed E-state index contributed by atoms with van der Waals surface area (Å²) in [5, 5.41) is 3.34. The van der Waals surface area contributed by atoms with Crippen molar-refractivity contribution < 1.29 is 17.1 Å². The maximum Gasteiger partial charge on any atom is 0.128 e. The van der Waals surface area contributed by atoms with Crippen LogP contribution in [0.4, 0.5) is 0 Å². The Labute approximate surface area is 139 Å². The summed E-state index contributed by atoms with van der Waals surface area (Å²) in [5.41, 5.74) is 4.71. The Hall–Kier alpha value is 0.863. The third-order valence-electron chi connectivity index (χ3n) is 3.21. The van der Waals surface area contributed by atoms with E-state index in [1.807, 2.05) is 0 Å². The predicted molar refractivity (Wildman–Crippen MR) is 92.9 cm³/mol. The van der Waals surface area contributed by atoms with Crippen LogP contribution in [0.15, 0.2) is 0 Å². The summed E-state index contributed by atoms with van der Waals surface area (Å²) in [4.78, 5) is 0. The van der Waals surface area contributed by atoms with Crippen molar-refractivity contribution in [2.24, 2.45) is 5.73 Å². The van der Waals surface area contributed by atoms with Gasteiger partial charge in [-0.2, -0.15) is 0 Å². The Morgan fingerprint density at radius 3 is 1.47 bits per heavy atom. The topological polar surface area (TPSA) is 26.0 Å². The minimum Gasteiger partial charge on any atom is -0.385 e. The minimum absolute atomic E-state index is 0.0568. The Morgan fingerprint density at radius 1 is 0.842 bits per heavy atom. The van der Waals surface area contributed by atoms with Crippen molar-refractivity contribution in [1.82, 2.24) is 0 Å². The van der Waals surface area contributed by atoms with Gasteiger partial charge in [-0.1, -0.05) is 12.2 Å². The van der Waals surface area contributed by atoms with Crippen molar-refractivity contribution in [3.05, 3.63) is 0 Å². The van der Waals surface area contributed by atoms with Crippen LogP contribution in [0.2, 0.25) is 10.0 Å². The summed E-state index contributed by atoms with van der Waals surface area (Å²) >= 11 is 7.60. The van der Waals surface area contributed by atoms with E-state index in [9.17, 15) is 0 Å². The molecule has 0 amide bonds. The summed E-state index contributed by atoms with van der Waals surface area (Å²) in [6.45, 7) is 4.60. The molecule has 0 saturated carbocycles. The molecule has 0 atom stereocenters. The summed E-state index contributed by atoms with van der Waals surface area (Å²) in [6.07, 6.45) is 14.9. The smallest absolute Gasteiger partial charge is 0.128 e. The summed E-state index contributed by atoms with van der Waals surface area (Å²) < 4.78 is 0.194. The monoisotopic (exact) mass is 355 g/mol. The van der Waals surface area contributed by atoms with E-state index >= 15 is 0 Å². The second-order valence-electron chi connectivity index (χ2n) is 5.23. The molecular weight excluding hydrogens is 324 g/mol. The van der Waals surface area contributed by atoms with E-state index < -0.39 is 0 Å². The zero-order valence-electron chi connectivity index (χ0n) is 13.1. The van der Waals surface area contributed by atoms with Crippen molar-refractivity contribution in [3.63, 3.8) is 0 Å². The molecule has 0 aromatic heterocycles. The molecule has 0 aromatic carbocycles. The van der Waals surface area contributed by atoms with E-state index in [4.69, 9.17) is 5.73 Å². The average Bonchev–Trinajstić information content (AvgIpc) is 2.35. The fraction of sp³-hybridized carbons (Fsp3) is 0.933. The first-order chi connectivity index (χ1) is 9.15. The maximum absolute atomic E-state index is 4.71. The maximum atomic E-state index is 4.71. The van der Waals surface area contributed by atoms with Crippen LogP contribution >= 0.6 is 24.8 Å². The molecule has 0 rings (SSSR count). The molecule has 0 aliphatic rings. The fourth-order valence-electron chi connectivity index (χ4n) is 2.09. The molecule has 0 saturated heterocycles. The van der Waals surface area contributed by atoms with E-state index in [2.05, 4.69) is 38.7 Å². The molecule has 1 nitrogen and oxygen atoms in total. The van der Waals surface area contributed by atoms with Crippen molar-refractivity contribution in [1.29, 1.82) is 0 Å². The third-order valence-corrected chi connectivity index (χ3v) is 7.40. The number of hydrogen-bond acceptors (Lipinski definition) is 1. The second kappa shape index (κ2) is 21.2. The van der Waals surface area contributed by atoms with E-state index in [0.717, 1.165) is 0 Å². The van der Waals surface area contributed by atoms with Crippen LogP contribution < -0.4 is 5.73 Å². The normalized spacial score (nSPS) is 9.42. The van der Waals surface area contributed by atoms with Crippen molar-refractivity contribution in [2.75, 3.05) is 0 Å². The molecule has 2 N–H and O–H groups in total. The van der Waals surface area contributed by atoms with Crippen molar-refractivity contribution in [3.8, 4) is 0 Å². The Balaban J connectivity index is 0. The number of hydrogen-bond donors (Lipinski definition) is 2. The molecule has 0 spiro atoms. The first-order valence-electron chi connectivity index (χ1n) is 8.13. The molecule has 19 heavy (non-hydrogen) atoms. The number of thiol groups is 1. The number of thiocarbonyl (C=S) groups is 1. The largest absolute Gasteiger partial charge is 0.385 e. The van der Waals surface area contributed by atoms with Crippen LogP contribution in [0, 0.1) is 0 Å². The molecule has 0 unspecified atom stereocenters. The standard InChI is InChI=1S/2C7H15.CH3NS2.Zn/c2*1-3-5-7-6-4-2;2-1(3)4;/h2*1,3-7H2,2H3;(H3,2,3,4);. The number of rotatable bonds is 12. The first kappa shape index (κ1) is 22.1. The fourth-order valence-corrected chi connectivity index (χ4v) is 5.80. The molecule has 0 aliphatic carbocycles. The van der Waals surface area contributed by atoms with E-state index in [1.54, 1.807) is 22.9 Å². The van der Waals surface area contributed by atoms with Gasteiger partial charge in [0.2, 0.25) is 0 Å². The third kappa shape index (κ3) is 32.4. The van der Waals surface area contributed by atoms with Gasteiger partial charge in [-0.15, -0.1) is 12.6 Å². The second-order valence-corrected chi connectivity index (χ2v) is 10.9. The molecule has 0 heterocycles. The number of unbranched alkanes of at least 4 members (excludes halogenated alkanes) is 8. The molecular formula is C15H33NS2Zn.